The Morgan fingerprint density at radius 3 is 2.77 bits per heavy atom. The molecule has 6 nitrogen and oxygen atoms in total. The highest BCUT2D eigenvalue weighted by Crippen LogP contribution is 2.19. The van der Waals surface area contributed by atoms with Crippen molar-refractivity contribution in [3.05, 3.63) is 35.7 Å². The molecule has 0 radical (unpaired) electrons. The predicted molar refractivity (Wildman–Crippen MR) is 105 cm³/mol. The monoisotopic (exact) mass is 376 g/mol. The summed E-state index contributed by atoms with van der Waals surface area (Å²) in [6, 6.07) is 7.79. The quantitative estimate of drug-likeness (QED) is 0.646. The van der Waals surface area contributed by atoms with Crippen LogP contribution < -0.4 is 10.1 Å². The smallest absolute Gasteiger partial charge is 0.220 e. The number of hydrogen-bond donors (Lipinski definition) is 1. The molecule has 2 aromatic rings. The summed E-state index contributed by atoms with van der Waals surface area (Å²) >= 11 is 1.72. The molecule has 0 unspecified atom stereocenters. The van der Waals surface area contributed by atoms with Gasteiger partial charge in [0.05, 0.1) is 7.11 Å². The zero-order valence-corrected chi connectivity index (χ0v) is 16.8. The van der Waals surface area contributed by atoms with Crippen LogP contribution in [0.4, 0.5) is 0 Å². The van der Waals surface area contributed by atoms with Crippen LogP contribution >= 0.6 is 11.8 Å². The van der Waals surface area contributed by atoms with Gasteiger partial charge in [0.2, 0.25) is 5.91 Å². The van der Waals surface area contributed by atoms with Crippen molar-refractivity contribution >= 4 is 17.7 Å². The number of methoxy groups -OCH3 is 1. The number of nitrogens with zero attached hydrogens (tertiary/aromatic N) is 3. The first-order valence-corrected chi connectivity index (χ1v) is 9.89. The van der Waals surface area contributed by atoms with Crippen LogP contribution in [0.25, 0.3) is 0 Å². The molecular weight excluding hydrogens is 348 g/mol. The van der Waals surface area contributed by atoms with E-state index in [2.05, 4.69) is 29.4 Å². The van der Waals surface area contributed by atoms with E-state index in [1.165, 1.54) is 0 Å². The summed E-state index contributed by atoms with van der Waals surface area (Å²) in [7, 11) is 3.62. The van der Waals surface area contributed by atoms with E-state index < -0.39 is 0 Å². The maximum Gasteiger partial charge on any atom is 0.220 e. The minimum Gasteiger partial charge on any atom is -0.496 e. The summed E-state index contributed by atoms with van der Waals surface area (Å²) in [6.45, 7) is 4.93. The molecule has 7 heteroatoms. The Morgan fingerprint density at radius 1 is 1.27 bits per heavy atom. The van der Waals surface area contributed by atoms with Crippen molar-refractivity contribution in [3.63, 3.8) is 0 Å². The molecule has 0 saturated carbocycles. The maximum absolute atomic E-state index is 12.1. The lowest BCUT2D eigenvalue weighted by Crippen LogP contribution is -2.26. The summed E-state index contributed by atoms with van der Waals surface area (Å²) in [5, 5.41) is 12.3. The highest BCUT2D eigenvalue weighted by molar-refractivity contribution is 7.99. The molecule has 0 aliphatic carbocycles. The zero-order chi connectivity index (χ0) is 18.9. The van der Waals surface area contributed by atoms with Crippen LogP contribution in [0.5, 0.6) is 5.75 Å². The van der Waals surface area contributed by atoms with Gasteiger partial charge in [-0.3, -0.25) is 4.79 Å². The lowest BCUT2D eigenvalue weighted by Gasteiger charge is -2.09. The number of aryl methyl sites for hydroxylation is 1. The molecular formula is C19H28N4O2S. The number of ether oxygens (including phenoxy) is 1. The molecule has 0 spiro atoms. The fourth-order valence-electron chi connectivity index (χ4n) is 2.49. The van der Waals surface area contributed by atoms with Crippen molar-refractivity contribution < 1.29 is 9.53 Å². The Labute approximate surface area is 159 Å². The first-order chi connectivity index (χ1) is 12.5. The van der Waals surface area contributed by atoms with Gasteiger partial charge < -0.3 is 14.6 Å². The molecule has 0 saturated heterocycles. The number of amides is 1. The van der Waals surface area contributed by atoms with Crippen LogP contribution in [-0.2, 0) is 24.7 Å². The number of rotatable bonds is 10. The third-order valence-corrected chi connectivity index (χ3v) is 5.40. The topological polar surface area (TPSA) is 69.0 Å². The Hall–Kier alpha value is -2.02. The summed E-state index contributed by atoms with van der Waals surface area (Å²) in [4.78, 5) is 12.1. The van der Waals surface area contributed by atoms with Crippen LogP contribution in [0.15, 0.2) is 29.4 Å². The van der Waals surface area contributed by atoms with E-state index in [1.54, 1.807) is 18.9 Å². The number of para-hydroxylation sites is 1. The molecule has 1 aromatic carbocycles. The highest BCUT2D eigenvalue weighted by Gasteiger charge is 2.11. The standard InChI is InChI=1S/C19H28N4O2S/c1-14(2)13-26-19-22-21-17(23(19)3)11-12-20-18(24)10-9-15-7-5-6-8-16(15)25-4/h5-8,14H,9-13H2,1-4H3,(H,20,24). The van der Waals surface area contributed by atoms with E-state index in [1.807, 2.05) is 35.9 Å². The van der Waals surface area contributed by atoms with E-state index in [-0.39, 0.29) is 5.91 Å². The van der Waals surface area contributed by atoms with Crippen LogP contribution in [0.1, 0.15) is 31.7 Å². The van der Waals surface area contributed by atoms with E-state index in [0.29, 0.717) is 31.7 Å². The number of aromatic nitrogens is 3. The first kappa shape index (κ1) is 20.3. The van der Waals surface area contributed by atoms with Gasteiger partial charge in [-0.1, -0.05) is 43.8 Å². The Balaban J connectivity index is 1.75. The molecule has 1 N–H and O–H groups in total. The van der Waals surface area contributed by atoms with Crippen LogP contribution in [0, 0.1) is 5.92 Å². The predicted octanol–water partition coefficient (Wildman–Crippen LogP) is 2.86. The number of carbonyl (C=O) groups excluding carboxylic acids is 1. The second kappa shape index (κ2) is 10.2. The van der Waals surface area contributed by atoms with Gasteiger partial charge in [-0.15, -0.1) is 10.2 Å². The van der Waals surface area contributed by atoms with Crippen molar-refractivity contribution in [2.24, 2.45) is 13.0 Å². The average Bonchev–Trinajstić information content (AvgIpc) is 2.98. The molecule has 0 bridgehead atoms. The number of hydrogen-bond acceptors (Lipinski definition) is 5. The summed E-state index contributed by atoms with van der Waals surface area (Å²) in [6.07, 6.45) is 1.77. The largest absolute Gasteiger partial charge is 0.496 e. The summed E-state index contributed by atoms with van der Waals surface area (Å²) in [5.74, 6) is 3.38. The molecule has 26 heavy (non-hydrogen) atoms. The minimum absolute atomic E-state index is 0.0347. The zero-order valence-electron chi connectivity index (χ0n) is 16.0. The molecule has 0 atom stereocenters. The van der Waals surface area contributed by atoms with Gasteiger partial charge in [0.1, 0.15) is 11.6 Å². The van der Waals surface area contributed by atoms with E-state index in [4.69, 9.17) is 4.74 Å². The normalized spacial score (nSPS) is 11.0. The van der Waals surface area contributed by atoms with Crippen molar-refractivity contribution in [2.45, 2.75) is 38.3 Å². The molecule has 0 aliphatic rings. The molecule has 1 heterocycles. The van der Waals surface area contributed by atoms with Crippen LogP contribution in [0.2, 0.25) is 0 Å². The van der Waals surface area contributed by atoms with Crippen molar-refractivity contribution in [2.75, 3.05) is 19.4 Å². The van der Waals surface area contributed by atoms with Gasteiger partial charge in [-0.05, 0) is 24.0 Å². The first-order valence-electron chi connectivity index (χ1n) is 8.91. The van der Waals surface area contributed by atoms with E-state index in [9.17, 15) is 4.79 Å². The minimum atomic E-state index is 0.0347. The van der Waals surface area contributed by atoms with Gasteiger partial charge in [0.15, 0.2) is 5.16 Å². The average molecular weight is 377 g/mol. The van der Waals surface area contributed by atoms with Crippen molar-refractivity contribution in [1.82, 2.24) is 20.1 Å². The molecule has 0 fully saturated rings. The fraction of sp³-hybridized carbons (Fsp3) is 0.526. The fourth-order valence-corrected chi connectivity index (χ4v) is 3.37. The highest BCUT2D eigenvalue weighted by atomic mass is 32.2. The molecule has 2 rings (SSSR count). The lowest BCUT2D eigenvalue weighted by atomic mass is 10.1. The Bertz CT molecular complexity index is 715. The van der Waals surface area contributed by atoms with Gasteiger partial charge >= 0.3 is 0 Å². The summed E-state index contributed by atoms with van der Waals surface area (Å²) < 4.78 is 7.32. The van der Waals surface area contributed by atoms with Crippen molar-refractivity contribution in [3.8, 4) is 5.75 Å². The SMILES string of the molecule is COc1ccccc1CCC(=O)NCCc1nnc(SCC(C)C)n1C. The number of carbonyl (C=O) groups is 1. The molecule has 1 aromatic heterocycles. The van der Waals surface area contributed by atoms with Crippen LogP contribution in [0.3, 0.4) is 0 Å². The summed E-state index contributed by atoms with van der Waals surface area (Å²) in [5.41, 5.74) is 1.05. The Kier molecular flexibility index (Phi) is 7.97. The third kappa shape index (κ3) is 6.05. The maximum atomic E-state index is 12.1. The van der Waals surface area contributed by atoms with E-state index >= 15 is 0 Å². The van der Waals surface area contributed by atoms with Gasteiger partial charge in [0.25, 0.3) is 0 Å². The van der Waals surface area contributed by atoms with E-state index in [0.717, 1.165) is 28.0 Å². The van der Waals surface area contributed by atoms with Crippen LogP contribution in [-0.4, -0.2) is 40.1 Å². The second-order valence-corrected chi connectivity index (χ2v) is 7.56. The molecule has 142 valence electrons. The second-order valence-electron chi connectivity index (χ2n) is 6.57. The van der Waals surface area contributed by atoms with Crippen molar-refractivity contribution in [1.29, 1.82) is 0 Å². The Morgan fingerprint density at radius 2 is 2.04 bits per heavy atom. The molecule has 1 amide bonds. The van der Waals surface area contributed by atoms with Gasteiger partial charge in [-0.25, -0.2) is 0 Å². The number of nitrogens with one attached hydrogen (secondary N) is 1. The molecule has 0 aliphatic heterocycles. The number of thioether (sulfide) groups is 1. The van der Waals surface area contributed by atoms with Gasteiger partial charge in [0, 0.05) is 32.2 Å². The third-order valence-electron chi connectivity index (χ3n) is 3.96. The van der Waals surface area contributed by atoms with Gasteiger partial charge in [-0.2, -0.15) is 0 Å². The lowest BCUT2D eigenvalue weighted by molar-refractivity contribution is -0.121. The number of benzene rings is 1.